The first-order chi connectivity index (χ1) is 8.54. The van der Waals surface area contributed by atoms with Gasteiger partial charge in [-0.25, -0.2) is 0 Å². The lowest BCUT2D eigenvalue weighted by Gasteiger charge is -2.18. The highest BCUT2D eigenvalue weighted by molar-refractivity contribution is 9.10. The number of hydrogen-bond donors (Lipinski definition) is 2. The Morgan fingerprint density at radius 2 is 2.28 bits per heavy atom. The summed E-state index contributed by atoms with van der Waals surface area (Å²) < 4.78 is 1.01. The summed E-state index contributed by atoms with van der Waals surface area (Å²) in [6.45, 7) is 1.96. The maximum atomic E-state index is 11.9. The molecular formula is C13H19BrN2OS. The maximum Gasteiger partial charge on any atom is 0.237 e. The summed E-state index contributed by atoms with van der Waals surface area (Å²) in [6.07, 6.45) is 2.72. The minimum atomic E-state index is -0.424. The molecule has 1 unspecified atom stereocenters. The van der Waals surface area contributed by atoms with Crippen molar-refractivity contribution in [1.29, 1.82) is 0 Å². The Bertz CT molecular complexity index is 400. The van der Waals surface area contributed by atoms with Crippen LogP contribution in [0.25, 0.3) is 0 Å². The Hall–Kier alpha value is -0.520. The standard InChI is InChI=1S/C13H19BrN2OS/c1-9(10-4-3-5-11(14)8-10)16-13(17)12(15)6-7-18-2/h3-5,8-9,12H,6-7,15H2,1-2H3,(H,16,17)/t9?,12-/m1/s1. The number of amides is 1. The van der Waals surface area contributed by atoms with Gasteiger partial charge in [-0.05, 0) is 43.0 Å². The van der Waals surface area contributed by atoms with E-state index < -0.39 is 6.04 Å². The van der Waals surface area contributed by atoms with Crippen LogP contribution in [0.3, 0.4) is 0 Å². The van der Waals surface area contributed by atoms with E-state index in [9.17, 15) is 4.79 Å². The van der Waals surface area contributed by atoms with Gasteiger partial charge in [0.1, 0.15) is 0 Å². The van der Waals surface area contributed by atoms with Gasteiger partial charge in [-0.1, -0.05) is 28.1 Å². The predicted molar refractivity (Wildman–Crippen MR) is 81.7 cm³/mol. The summed E-state index contributed by atoms with van der Waals surface area (Å²) in [5.41, 5.74) is 6.89. The zero-order valence-electron chi connectivity index (χ0n) is 10.7. The fourth-order valence-electron chi connectivity index (χ4n) is 1.56. The Morgan fingerprint density at radius 3 is 2.89 bits per heavy atom. The van der Waals surface area contributed by atoms with E-state index in [1.165, 1.54) is 0 Å². The quantitative estimate of drug-likeness (QED) is 0.843. The van der Waals surface area contributed by atoms with Gasteiger partial charge in [0.15, 0.2) is 0 Å². The molecule has 2 atom stereocenters. The molecule has 0 fully saturated rings. The van der Waals surface area contributed by atoms with Gasteiger partial charge in [-0.3, -0.25) is 4.79 Å². The zero-order valence-corrected chi connectivity index (χ0v) is 13.1. The molecule has 0 aromatic heterocycles. The van der Waals surface area contributed by atoms with Crippen LogP contribution >= 0.6 is 27.7 Å². The van der Waals surface area contributed by atoms with Crippen LogP contribution in [-0.4, -0.2) is 24.0 Å². The molecule has 0 saturated carbocycles. The Balaban J connectivity index is 2.54. The highest BCUT2D eigenvalue weighted by Crippen LogP contribution is 2.17. The third-order valence-corrected chi connectivity index (χ3v) is 3.81. The van der Waals surface area contributed by atoms with Crippen molar-refractivity contribution in [2.45, 2.75) is 25.4 Å². The van der Waals surface area contributed by atoms with E-state index in [1.54, 1.807) is 11.8 Å². The summed E-state index contributed by atoms with van der Waals surface area (Å²) >= 11 is 5.12. The fraction of sp³-hybridized carbons (Fsp3) is 0.462. The monoisotopic (exact) mass is 330 g/mol. The van der Waals surface area contributed by atoms with Gasteiger partial charge in [-0.2, -0.15) is 11.8 Å². The van der Waals surface area contributed by atoms with E-state index >= 15 is 0 Å². The highest BCUT2D eigenvalue weighted by atomic mass is 79.9. The van der Waals surface area contributed by atoms with Crippen LogP contribution in [0.15, 0.2) is 28.7 Å². The van der Waals surface area contributed by atoms with Gasteiger partial charge >= 0.3 is 0 Å². The number of halogens is 1. The van der Waals surface area contributed by atoms with Gasteiger partial charge < -0.3 is 11.1 Å². The van der Waals surface area contributed by atoms with Crippen LogP contribution in [0.4, 0.5) is 0 Å². The normalized spacial score (nSPS) is 14.0. The third-order valence-electron chi connectivity index (χ3n) is 2.68. The average molecular weight is 331 g/mol. The molecule has 0 bridgehead atoms. The molecule has 0 spiro atoms. The van der Waals surface area contributed by atoms with Crippen molar-refractivity contribution < 1.29 is 4.79 Å². The average Bonchev–Trinajstić information content (AvgIpc) is 2.35. The predicted octanol–water partition coefficient (Wildman–Crippen LogP) is 2.71. The summed E-state index contributed by atoms with van der Waals surface area (Å²) in [6, 6.07) is 7.45. The fourth-order valence-corrected chi connectivity index (χ4v) is 2.46. The van der Waals surface area contributed by atoms with E-state index in [4.69, 9.17) is 5.73 Å². The smallest absolute Gasteiger partial charge is 0.237 e. The first-order valence-corrected chi connectivity index (χ1v) is 8.03. The summed E-state index contributed by atoms with van der Waals surface area (Å²) in [5.74, 6) is 0.816. The molecular weight excluding hydrogens is 312 g/mol. The molecule has 5 heteroatoms. The molecule has 0 radical (unpaired) electrons. The molecule has 1 aromatic rings. The van der Waals surface area contributed by atoms with Gasteiger partial charge in [0.2, 0.25) is 5.91 Å². The molecule has 1 aromatic carbocycles. The van der Waals surface area contributed by atoms with Gasteiger partial charge in [0.25, 0.3) is 0 Å². The van der Waals surface area contributed by atoms with Crippen molar-refractivity contribution in [2.24, 2.45) is 5.73 Å². The van der Waals surface area contributed by atoms with Crippen LogP contribution in [0, 0.1) is 0 Å². The van der Waals surface area contributed by atoms with Crippen molar-refractivity contribution in [1.82, 2.24) is 5.32 Å². The molecule has 0 aliphatic heterocycles. The lowest BCUT2D eigenvalue weighted by Crippen LogP contribution is -2.41. The Morgan fingerprint density at radius 1 is 1.56 bits per heavy atom. The second kappa shape index (κ2) is 7.81. The van der Waals surface area contributed by atoms with Crippen molar-refractivity contribution in [3.63, 3.8) is 0 Å². The number of rotatable bonds is 6. The second-order valence-electron chi connectivity index (χ2n) is 4.17. The number of hydrogen-bond acceptors (Lipinski definition) is 3. The molecule has 0 aliphatic rings. The van der Waals surface area contributed by atoms with Crippen LogP contribution in [0.1, 0.15) is 24.9 Å². The zero-order chi connectivity index (χ0) is 13.5. The minimum Gasteiger partial charge on any atom is -0.348 e. The van der Waals surface area contributed by atoms with Gasteiger partial charge in [-0.15, -0.1) is 0 Å². The number of thioether (sulfide) groups is 1. The Labute approximate surface area is 121 Å². The van der Waals surface area contributed by atoms with E-state index in [0.29, 0.717) is 6.42 Å². The molecule has 3 N–H and O–H groups in total. The lowest BCUT2D eigenvalue weighted by atomic mass is 10.1. The highest BCUT2D eigenvalue weighted by Gasteiger charge is 2.16. The van der Waals surface area contributed by atoms with Crippen molar-refractivity contribution in [2.75, 3.05) is 12.0 Å². The SMILES string of the molecule is CSCC[C@@H](N)C(=O)NC(C)c1cccc(Br)c1. The lowest BCUT2D eigenvalue weighted by molar-refractivity contribution is -0.123. The van der Waals surface area contributed by atoms with E-state index in [0.717, 1.165) is 15.8 Å². The summed E-state index contributed by atoms with van der Waals surface area (Å²) in [7, 11) is 0. The topological polar surface area (TPSA) is 55.1 Å². The molecule has 1 rings (SSSR count). The van der Waals surface area contributed by atoms with Gasteiger partial charge in [0.05, 0.1) is 12.1 Å². The molecule has 100 valence electrons. The van der Waals surface area contributed by atoms with Crippen LogP contribution < -0.4 is 11.1 Å². The molecule has 1 amide bonds. The van der Waals surface area contributed by atoms with Crippen LogP contribution in [-0.2, 0) is 4.79 Å². The molecule has 0 aliphatic carbocycles. The van der Waals surface area contributed by atoms with E-state index in [-0.39, 0.29) is 11.9 Å². The first-order valence-electron chi connectivity index (χ1n) is 5.85. The molecule has 18 heavy (non-hydrogen) atoms. The van der Waals surface area contributed by atoms with Gasteiger partial charge in [0, 0.05) is 4.47 Å². The molecule has 0 saturated heterocycles. The largest absolute Gasteiger partial charge is 0.348 e. The van der Waals surface area contributed by atoms with Crippen LogP contribution in [0.5, 0.6) is 0 Å². The molecule has 0 heterocycles. The number of nitrogens with two attached hydrogens (primary N) is 1. The van der Waals surface area contributed by atoms with E-state index in [1.807, 2.05) is 37.4 Å². The summed E-state index contributed by atoms with van der Waals surface area (Å²) in [4.78, 5) is 11.9. The number of carbonyl (C=O) groups is 1. The van der Waals surface area contributed by atoms with Crippen LogP contribution in [0.2, 0.25) is 0 Å². The number of nitrogens with one attached hydrogen (secondary N) is 1. The van der Waals surface area contributed by atoms with E-state index in [2.05, 4.69) is 21.2 Å². The maximum absolute atomic E-state index is 11.9. The number of benzene rings is 1. The third kappa shape index (κ3) is 5.00. The first kappa shape index (κ1) is 15.5. The van der Waals surface area contributed by atoms with Crippen molar-refractivity contribution in [3.8, 4) is 0 Å². The van der Waals surface area contributed by atoms with Crippen molar-refractivity contribution >= 4 is 33.6 Å². The minimum absolute atomic E-state index is 0.0321. The number of carbonyl (C=O) groups excluding carboxylic acids is 1. The Kier molecular flexibility index (Phi) is 6.75. The summed E-state index contributed by atoms with van der Waals surface area (Å²) in [5, 5.41) is 2.94. The molecule has 3 nitrogen and oxygen atoms in total. The van der Waals surface area contributed by atoms with Crippen molar-refractivity contribution in [3.05, 3.63) is 34.3 Å². The second-order valence-corrected chi connectivity index (χ2v) is 6.07.